The molecule has 7 heteroatoms. The molecular formula is C18H28N2O5. The Hall–Kier alpha value is -2.02. The highest BCUT2D eigenvalue weighted by molar-refractivity contribution is 5.68. The van der Waals surface area contributed by atoms with Crippen LogP contribution in [-0.2, 0) is 4.74 Å². The van der Waals surface area contributed by atoms with Crippen LogP contribution in [0.3, 0.4) is 0 Å². The first-order valence-electron chi connectivity index (χ1n) is 8.65. The lowest BCUT2D eigenvalue weighted by atomic mass is 9.98. The lowest BCUT2D eigenvalue weighted by molar-refractivity contribution is 0.0164. The third-order valence-electron chi connectivity index (χ3n) is 4.01. The summed E-state index contributed by atoms with van der Waals surface area (Å²) >= 11 is 0. The average molecular weight is 352 g/mol. The minimum atomic E-state index is -0.488. The van der Waals surface area contributed by atoms with Gasteiger partial charge in [-0.1, -0.05) is 0 Å². The number of nitrogens with two attached hydrogens (primary N) is 1. The lowest BCUT2D eigenvalue weighted by Crippen LogP contribution is -2.42. The average Bonchev–Trinajstić information content (AvgIpc) is 2.52. The van der Waals surface area contributed by atoms with Crippen LogP contribution in [0.15, 0.2) is 21.5 Å². The van der Waals surface area contributed by atoms with E-state index in [1.54, 1.807) is 11.8 Å². The van der Waals surface area contributed by atoms with Crippen LogP contribution in [0.1, 0.15) is 52.3 Å². The van der Waals surface area contributed by atoms with Crippen molar-refractivity contribution in [3.8, 4) is 5.75 Å². The van der Waals surface area contributed by atoms with Crippen LogP contribution < -0.4 is 15.9 Å². The Morgan fingerprint density at radius 1 is 1.40 bits per heavy atom. The van der Waals surface area contributed by atoms with Crippen LogP contribution >= 0.6 is 0 Å². The Kier molecular flexibility index (Phi) is 6.11. The van der Waals surface area contributed by atoms with E-state index in [2.05, 4.69) is 0 Å². The second kappa shape index (κ2) is 7.91. The van der Waals surface area contributed by atoms with Crippen molar-refractivity contribution in [1.82, 2.24) is 4.90 Å². The van der Waals surface area contributed by atoms with Crippen LogP contribution in [0, 0.1) is 5.92 Å². The van der Waals surface area contributed by atoms with Crippen LogP contribution in [0.25, 0.3) is 0 Å². The van der Waals surface area contributed by atoms with Crippen molar-refractivity contribution in [2.24, 2.45) is 11.7 Å². The predicted molar refractivity (Wildman–Crippen MR) is 93.6 cm³/mol. The molecule has 1 aliphatic heterocycles. The molecule has 1 atom stereocenters. The predicted octanol–water partition coefficient (Wildman–Crippen LogP) is 2.69. The summed E-state index contributed by atoms with van der Waals surface area (Å²) in [6.07, 6.45) is 2.65. The molecule has 140 valence electrons. The van der Waals surface area contributed by atoms with Crippen molar-refractivity contribution in [2.45, 2.75) is 52.2 Å². The van der Waals surface area contributed by atoms with E-state index in [0.717, 1.165) is 12.8 Å². The fourth-order valence-electron chi connectivity index (χ4n) is 2.57. The zero-order valence-electron chi connectivity index (χ0n) is 15.4. The van der Waals surface area contributed by atoms with E-state index in [1.807, 2.05) is 20.8 Å². The smallest absolute Gasteiger partial charge is 0.410 e. The van der Waals surface area contributed by atoms with Gasteiger partial charge in [-0.3, -0.25) is 4.79 Å². The number of piperidine rings is 1. The van der Waals surface area contributed by atoms with E-state index in [9.17, 15) is 9.59 Å². The summed E-state index contributed by atoms with van der Waals surface area (Å²) in [4.78, 5) is 25.7. The van der Waals surface area contributed by atoms with Crippen molar-refractivity contribution in [2.75, 3.05) is 19.7 Å². The van der Waals surface area contributed by atoms with Gasteiger partial charge < -0.3 is 24.5 Å². The molecule has 0 saturated carbocycles. The zero-order valence-corrected chi connectivity index (χ0v) is 15.4. The number of hydrogen-bond donors (Lipinski definition) is 1. The molecule has 1 saturated heterocycles. The molecule has 1 fully saturated rings. The van der Waals surface area contributed by atoms with E-state index in [0.29, 0.717) is 25.5 Å². The van der Waals surface area contributed by atoms with Crippen molar-refractivity contribution in [1.29, 1.82) is 0 Å². The molecular weight excluding hydrogens is 324 g/mol. The van der Waals surface area contributed by atoms with Gasteiger partial charge in [0.1, 0.15) is 17.6 Å². The highest BCUT2D eigenvalue weighted by atomic mass is 16.6. The van der Waals surface area contributed by atoms with Gasteiger partial charge in [-0.05, 0) is 46.5 Å². The van der Waals surface area contributed by atoms with Gasteiger partial charge in [-0.25, -0.2) is 4.79 Å². The summed E-state index contributed by atoms with van der Waals surface area (Å²) in [5.41, 5.74) is 4.96. The molecule has 0 radical (unpaired) electrons. The minimum absolute atomic E-state index is 0.193. The molecule has 1 aliphatic rings. The first kappa shape index (κ1) is 19.3. The number of likely N-dealkylation sites (tertiary alicyclic amines) is 1. The van der Waals surface area contributed by atoms with Gasteiger partial charge in [0.05, 0.1) is 12.6 Å². The monoisotopic (exact) mass is 352 g/mol. The van der Waals surface area contributed by atoms with Crippen molar-refractivity contribution in [3.05, 3.63) is 28.3 Å². The van der Waals surface area contributed by atoms with E-state index in [1.165, 1.54) is 12.3 Å². The Morgan fingerprint density at radius 2 is 2.04 bits per heavy atom. The van der Waals surface area contributed by atoms with Gasteiger partial charge >= 0.3 is 6.09 Å². The quantitative estimate of drug-likeness (QED) is 0.895. The summed E-state index contributed by atoms with van der Waals surface area (Å²) in [6.45, 7) is 8.99. The second-order valence-corrected chi connectivity index (χ2v) is 7.52. The molecule has 2 heterocycles. The molecule has 1 amide bonds. The number of rotatable bonds is 4. The number of ether oxygens (including phenoxy) is 2. The molecule has 1 aromatic rings. The van der Waals surface area contributed by atoms with Crippen molar-refractivity contribution in [3.63, 3.8) is 0 Å². The molecule has 0 aliphatic carbocycles. The third-order valence-corrected chi connectivity index (χ3v) is 4.01. The minimum Gasteiger partial charge on any atom is -0.486 e. The van der Waals surface area contributed by atoms with Crippen LogP contribution in [0.2, 0.25) is 0 Å². The first-order chi connectivity index (χ1) is 11.7. The van der Waals surface area contributed by atoms with E-state index < -0.39 is 5.60 Å². The molecule has 2 N–H and O–H groups in total. The Morgan fingerprint density at radius 3 is 2.56 bits per heavy atom. The largest absolute Gasteiger partial charge is 0.486 e. The fraction of sp³-hybridized carbons (Fsp3) is 0.667. The van der Waals surface area contributed by atoms with Gasteiger partial charge in [0.2, 0.25) is 11.2 Å². The highest BCUT2D eigenvalue weighted by Gasteiger charge is 2.27. The van der Waals surface area contributed by atoms with Crippen LogP contribution in [0.4, 0.5) is 4.79 Å². The second-order valence-electron chi connectivity index (χ2n) is 7.52. The maximum atomic E-state index is 12.0. The van der Waals surface area contributed by atoms with E-state index >= 15 is 0 Å². The molecule has 25 heavy (non-hydrogen) atoms. The fourth-order valence-corrected chi connectivity index (χ4v) is 2.57. The van der Waals surface area contributed by atoms with Gasteiger partial charge in [0.15, 0.2) is 0 Å². The van der Waals surface area contributed by atoms with E-state index in [-0.39, 0.29) is 29.2 Å². The van der Waals surface area contributed by atoms with Crippen LogP contribution in [-0.4, -0.2) is 36.3 Å². The van der Waals surface area contributed by atoms with Gasteiger partial charge in [0, 0.05) is 19.2 Å². The lowest BCUT2D eigenvalue weighted by Gasteiger charge is -2.33. The van der Waals surface area contributed by atoms with Crippen LogP contribution in [0.5, 0.6) is 5.75 Å². The zero-order chi connectivity index (χ0) is 18.6. The van der Waals surface area contributed by atoms with Gasteiger partial charge in [-0.2, -0.15) is 0 Å². The van der Waals surface area contributed by atoms with E-state index in [4.69, 9.17) is 19.6 Å². The number of carbonyl (C=O) groups is 1. The Labute approximate surface area is 148 Å². The van der Waals surface area contributed by atoms with Gasteiger partial charge in [-0.15, -0.1) is 0 Å². The van der Waals surface area contributed by atoms with Gasteiger partial charge in [0.25, 0.3) is 0 Å². The molecule has 0 spiro atoms. The van der Waals surface area contributed by atoms with Crippen molar-refractivity contribution >= 4 is 6.09 Å². The number of nitrogens with zero attached hydrogens (tertiary/aromatic N) is 1. The van der Waals surface area contributed by atoms with Crippen molar-refractivity contribution < 1.29 is 18.7 Å². The summed E-state index contributed by atoms with van der Waals surface area (Å²) in [5, 5.41) is 0. The first-order valence-corrected chi connectivity index (χ1v) is 8.65. The molecule has 1 unspecified atom stereocenters. The Balaban J connectivity index is 1.81. The SMILES string of the molecule is CC(N)c1cc(=O)c(OCC2CCN(C(=O)OC(C)(C)C)CC2)co1. The summed E-state index contributed by atoms with van der Waals surface area (Å²) in [6, 6.07) is 1.03. The maximum absolute atomic E-state index is 12.0. The molecule has 1 aromatic heterocycles. The highest BCUT2D eigenvalue weighted by Crippen LogP contribution is 2.21. The maximum Gasteiger partial charge on any atom is 0.410 e. The molecule has 7 nitrogen and oxygen atoms in total. The topological polar surface area (TPSA) is 95.0 Å². The molecule has 2 rings (SSSR count). The molecule has 0 bridgehead atoms. The summed E-state index contributed by atoms with van der Waals surface area (Å²) < 4.78 is 16.3. The number of carbonyl (C=O) groups excluding carboxylic acids is 1. The normalized spacial score (nSPS) is 17.2. The third kappa shape index (κ3) is 5.77. The standard InChI is InChI=1S/C18H28N2O5/c1-12(19)15-9-14(21)16(11-24-15)23-10-13-5-7-20(8-6-13)17(22)25-18(2,3)4/h9,11-13H,5-8,10,19H2,1-4H3. The summed E-state index contributed by atoms with van der Waals surface area (Å²) in [7, 11) is 0. The molecule has 0 aromatic carbocycles. The summed E-state index contributed by atoms with van der Waals surface area (Å²) in [5.74, 6) is 0.910. The number of amides is 1. The Bertz CT molecular complexity index is 640. The number of hydrogen-bond acceptors (Lipinski definition) is 6.